The van der Waals surface area contributed by atoms with E-state index in [-0.39, 0.29) is 5.75 Å². The van der Waals surface area contributed by atoms with E-state index in [1.165, 1.54) is 7.05 Å². The van der Waals surface area contributed by atoms with Gasteiger partial charge in [0.1, 0.15) is 5.75 Å². The Balaban J connectivity index is 1.94. The smallest absolute Gasteiger partial charge is 0.215 e. The Morgan fingerprint density at radius 3 is 2.44 bits per heavy atom. The van der Waals surface area contributed by atoms with Crippen molar-refractivity contribution in [2.24, 2.45) is 4.99 Å². The SMILES string of the molecule is CN=C(NCc1cccc(CS(=O)(=O)NC)c1)NCc1ccccc1OC. The number of sulfonamides is 1. The zero-order valence-electron chi connectivity index (χ0n) is 15.8. The van der Waals surface area contributed by atoms with E-state index in [4.69, 9.17) is 4.74 Å². The molecule has 0 atom stereocenters. The molecule has 0 heterocycles. The summed E-state index contributed by atoms with van der Waals surface area (Å²) in [6.07, 6.45) is 0. The summed E-state index contributed by atoms with van der Waals surface area (Å²) in [5.41, 5.74) is 2.74. The van der Waals surface area contributed by atoms with E-state index >= 15 is 0 Å². The predicted molar refractivity (Wildman–Crippen MR) is 108 cm³/mol. The fraction of sp³-hybridized carbons (Fsp3) is 0.316. The van der Waals surface area contributed by atoms with Crippen LogP contribution >= 0.6 is 0 Å². The van der Waals surface area contributed by atoms with Gasteiger partial charge in [0.05, 0.1) is 12.9 Å². The summed E-state index contributed by atoms with van der Waals surface area (Å²) in [7, 11) is 1.47. The van der Waals surface area contributed by atoms with E-state index in [0.717, 1.165) is 22.4 Å². The minimum atomic E-state index is -3.29. The van der Waals surface area contributed by atoms with Crippen LogP contribution in [0.4, 0.5) is 0 Å². The molecule has 0 aromatic heterocycles. The van der Waals surface area contributed by atoms with Crippen LogP contribution in [0.25, 0.3) is 0 Å². The lowest BCUT2D eigenvalue weighted by Crippen LogP contribution is -2.36. The molecule has 0 spiro atoms. The maximum atomic E-state index is 11.7. The lowest BCUT2D eigenvalue weighted by Gasteiger charge is -2.14. The van der Waals surface area contributed by atoms with Crippen LogP contribution in [0, 0.1) is 0 Å². The highest BCUT2D eigenvalue weighted by Gasteiger charge is 2.09. The normalized spacial score (nSPS) is 11.9. The first-order valence-electron chi connectivity index (χ1n) is 8.53. The molecule has 2 aromatic rings. The summed E-state index contributed by atoms with van der Waals surface area (Å²) in [5.74, 6) is 1.42. The molecule has 3 N–H and O–H groups in total. The van der Waals surface area contributed by atoms with Gasteiger partial charge in [0, 0.05) is 25.7 Å². The van der Waals surface area contributed by atoms with E-state index < -0.39 is 10.0 Å². The van der Waals surface area contributed by atoms with Gasteiger partial charge in [-0.25, -0.2) is 13.1 Å². The van der Waals surface area contributed by atoms with Gasteiger partial charge in [-0.05, 0) is 24.2 Å². The first kappa shape index (κ1) is 20.7. The molecule has 0 fully saturated rings. The maximum Gasteiger partial charge on any atom is 0.215 e. The van der Waals surface area contributed by atoms with Crippen molar-refractivity contribution in [3.05, 3.63) is 65.2 Å². The van der Waals surface area contributed by atoms with Crippen molar-refractivity contribution in [3.63, 3.8) is 0 Å². The van der Waals surface area contributed by atoms with E-state index in [0.29, 0.717) is 19.0 Å². The van der Waals surface area contributed by atoms with Gasteiger partial charge >= 0.3 is 0 Å². The van der Waals surface area contributed by atoms with Crippen molar-refractivity contribution in [2.75, 3.05) is 21.2 Å². The lowest BCUT2D eigenvalue weighted by atomic mass is 10.1. The molecule has 146 valence electrons. The molecule has 8 heteroatoms. The highest BCUT2D eigenvalue weighted by Crippen LogP contribution is 2.16. The molecule has 27 heavy (non-hydrogen) atoms. The molecule has 7 nitrogen and oxygen atoms in total. The number of para-hydroxylation sites is 1. The van der Waals surface area contributed by atoms with E-state index in [9.17, 15) is 8.42 Å². The largest absolute Gasteiger partial charge is 0.496 e. The highest BCUT2D eigenvalue weighted by atomic mass is 32.2. The van der Waals surface area contributed by atoms with E-state index in [1.54, 1.807) is 20.2 Å². The van der Waals surface area contributed by atoms with E-state index in [2.05, 4.69) is 20.3 Å². The van der Waals surface area contributed by atoms with Crippen LogP contribution in [-0.4, -0.2) is 35.6 Å². The summed E-state index contributed by atoms with van der Waals surface area (Å²) in [5, 5.41) is 6.48. The summed E-state index contributed by atoms with van der Waals surface area (Å²) in [6.45, 7) is 1.10. The average Bonchev–Trinajstić information content (AvgIpc) is 2.68. The molecule has 0 aliphatic heterocycles. The molecular formula is C19H26N4O3S. The Morgan fingerprint density at radius 1 is 1.04 bits per heavy atom. The van der Waals surface area contributed by atoms with Crippen molar-refractivity contribution in [2.45, 2.75) is 18.8 Å². The summed E-state index contributed by atoms with van der Waals surface area (Å²) < 4.78 is 31.1. The number of hydrogen-bond donors (Lipinski definition) is 3. The molecule has 0 aliphatic carbocycles. The molecule has 0 saturated heterocycles. The average molecular weight is 391 g/mol. The van der Waals surface area contributed by atoms with Gasteiger partial charge in [-0.1, -0.05) is 42.5 Å². The van der Waals surface area contributed by atoms with Gasteiger partial charge in [-0.3, -0.25) is 4.99 Å². The lowest BCUT2D eigenvalue weighted by molar-refractivity contribution is 0.409. The number of methoxy groups -OCH3 is 1. The number of guanidine groups is 1. The number of nitrogens with one attached hydrogen (secondary N) is 3. The van der Waals surface area contributed by atoms with Crippen LogP contribution in [0.2, 0.25) is 0 Å². The zero-order chi connectivity index (χ0) is 19.7. The Kier molecular flexibility index (Phi) is 7.63. The Bertz CT molecular complexity index is 882. The second-order valence-electron chi connectivity index (χ2n) is 5.87. The summed E-state index contributed by atoms with van der Waals surface area (Å²) in [6, 6.07) is 15.3. The molecule has 0 bridgehead atoms. The standard InChI is InChI=1S/C19H26N4O3S/c1-20-19(23-13-17-9-4-5-10-18(17)26-3)22-12-15-7-6-8-16(11-15)14-27(24,25)21-2/h4-11,21H,12-14H2,1-3H3,(H2,20,22,23). The molecule has 2 rings (SSSR count). The van der Waals surface area contributed by atoms with Crippen LogP contribution in [0.1, 0.15) is 16.7 Å². The first-order valence-corrected chi connectivity index (χ1v) is 10.2. The monoisotopic (exact) mass is 390 g/mol. The van der Waals surface area contributed by atoms with Gasteiger partial charge in [0.15, 0.2) is 5.96 Å². The molecule has 0 amide bonds. The molecule has 2 aromatic carbocycles. The predicted octanol–water partition coefficient (Wildman–Crippen LogP) is 1.61. The molecule has 0 saturated carbocycles. The van der Waals surface area contributed by atoms with Crippen molar-refractivity contribution in [1.82, 2.24) is 15.4 Å². The van der Waals surface area contributed by atoms with Crippen LogP contribution in [-0.2, 0) is 28.9 Å². The third-order valence-corrected chi connectivity index (χ3v) is 5.32. The summed E-state index contributed by atoms with van der Waals surface area (Å²) >= 11 is 0. The molecule has 0 unspecified atom stereocenters. The fourth-order valence-electron chi connectivity index (χ4n) is 2.56. The second kappa shape index (κ2) is 9.94. The molecule has 0 aliphatic rings. The van der Waals surface area contributed by atoms with Crippen molar-refractivity contribution >= 4 is 16.0 Å². The molecule has 0 radical (unpaired) electrons. The van der Waals surface area contributed by atoms with Gasteiger partial charge < -0.3 is 15.4 Å². The highest BCUT2D eigenvalue weighted by molar-refractivity contribution is 7.88. The van der Waals surface area contributed by atoms with Crippen LogP contribution in [0.3, 0.4) is 0 Å². The van der Waals surface area contributed by atoms with Crippen molar-refractivity contribution < 1.29 is 13.2 Å². The minimum Gasteiger partial charge on any atom is -0.496 e. The Hall–Kier alpha value is -2.58. The van der Waals surface area contributed by atoms with Crippen molar-refractivity contribution in [3.8, 4) is 5.75 Å². The fourth-order valence-corrected chi connectivity index (χ4v) is 3.32. The third-order valence-electron chi connectivity index (χ3n) is 3.98. The number of aliphatic imine (C=N–C) groups is 1. The zero-order valence-corrected chi connectivity index (χ0v) is 16.6. The number of ether oxygens (including phenoxy) is 1. The first-order chi connectivity index (χ1) is 13.0. The van der Waals surface area contributed by atoms with Gasteiger partial charge in [-0.15, -0.1) is 0 Å². The number of hydrogen-bond acceptors (Lipinski definition) is 4. The van der Waals surface area contributed by atoms with Gasteiger partial charge in [0.25, 0.3) is 0 Å². The number of rotatable bonds is 8. The summed E-state index contributed by atoms with van der Waals surface area (Å²) in [4.78, 5) is 4.22. The quantitative estimate of drug-likeness (QED) is 0.470. The molecular weight excluding hydrogens is 364 g/mol. The maximum absolute atomic E-state index is 11.7. The topological polar surface area (TPSA) is 91.8 Å². The van der Waals surface area contributed by atoms with Crippen molar-refractivity contribution in [1.29, 1.82) is 0 Å². The second-order valence-corrected chi connectivity index (χ2v) is 7.80. The van der Waals surface area contributed by atoms with Crippen LogP contribution < -0.4 is 20.1 Å². The van der Waals surface area contributed by atoms with Crippen LogP contribution in [0.15, 0.2) is 53.5 Å². The third kappa shape index (κ3) is 6.58. The minimum absolute atomic E-state index is 0.0435. The Labute approximate surface area is 160 Å². The number of benzene rings is 2. The Morgan fingerprint density at radius 2 is 1.74 bits per heavy atom. The van der Waals surface area contributed by atoms with Gasteiger partial charge in [-0.2, -0.15) is 0 Å². The van der Waals surface area contributed by atoms with Crippen LogP contribution in [0.5, 0.6) is 5.75 Å². The van der Waals surface area contributed by atoms with Gasteiger partial charge in [0.2, 0.25) is 10.0 Å². The number of nitrogens with zero attached hydrogens (tertiary/aromatic N) is 1. The van der Waals surface area contributed by atoms with E-state index in [1.807, 2.05) is 42.5 Å².